The minimum absolute atomic E-state index is 0.0569. The van der Waals surface area contributed by atoms with Crippen LogP contribution in [0.25, 0.3) is 0 Å². The largest absolute Gasteiger partial charge is 0.481 e. The fourth-order valence-corrected chi connectivity index (χ4v) is 9.65. The van der Waals surface area contributed by atoms with Gasteiger partial charge >= 0.3 is 11.9 Å². The molecule has 5 nitrogen and oxygen atoms in total. The average Bonchev–Trinajstić information content (AvgIpc) is 3.29. The number of fused-ring (bicyclic) bond motifs is 7. The zero-order valence-electron chi connectivity index (χ0n) is 21.8. The van der Waals surface area contributed by atoms with Gasteiger partial charge in [-0.05, 0) is 84.9 Å². The second-order valence-electron chi connectivity index (χ2n) is 12.8. The first-order valence-corrected chi connectivity index (χ1v) is 13.3. The molecule has 190 valence electrons. The number of hydrogen-bond acceptors (Lipinski definition) is 3. The highest BCUT2D eigenvalue weighted by Crippen LogP contribution is 2.75. The van der Waals surface area contributed by atoms with Crippen LogP contribution in [0.4, 0.5) is 0 Å². The standard InChI is InChI=1S/C30H40O5/c1-16(2)20-7-8-22-21(28(20,4)11-10-24(31)32)9-12-29(5)26-17(3)13-23-25(18(26)14-30(22,29)6)19(15-35-23)27(33)34/h8,15,17-18,20-21,26H,1,7,9-14H2,2-6H3,(H,31,32)(H,33,34)/t17-,18-,20+,21-,26+,28+,29-,30+/m1/s1. The van der Waals surface area contributed by atoms with Gasteiger partial charge in [-0.25, -0.2) is 4.79 Å². The molecule has 2 saturated carbocycles. The molecule has 8 atom stereocenters. The van der Waals surface area contributed by atoms with Gasteiger partial charge in [-0.2, -0.15) is 0 Å². The maximum Gasteiger partial charge on any atom is 0.339 e. The molecule has 0 amide bonds. The number of furan rings is 1. The van der Waals surface area contributed by atoms with E-state index in [1.54, 1.807) is 0 Å². The smallest absolute Gasteiger partial charge is 0.339 e. The summed E-state index contributed by atoms with van der Waals surface area (Å²) < 4.78 is 5.82. The fourth-order valence-electron chi connectivity index (χ4n) is 9.65. The third kappa shape index (κ3) is 3.18. The lowest BCUT2D eigenvalue weighted by Gasteiger charge is -2.60. The molecule has 5 heteroatoms. The normalized spacial score (nSPS) is 41.7. The summed E-state index contributed by atoms with van der Waals surface area (Å²) in [4.78, 5) is 23.7. The first-order valence-electron chi connectivity index (χ1n) is 13.3. The lowest BCUT2D eigenvalue weighted by Crippen LogP contribution is -2.52. The molecular weight excluding hydrogens is 440 g/mol. The van der Waals surface area contributed by atoms with E-state index in [0.29, 0.717) is 29.7 Å². The van der Waals surface area contributed by atoms with Crippen LogP contribution in [0.1, 0.15) is 101 Å². The van der Waals surface area contributed by atoms with E-state index >= 15 is 0 Å². The Labute approximate surface area is 208 Å². The van der Waals surface area contributed by atoms with E-state index < -0.39 is 11.9 Å². The molecule has 0 radical (unpaired) electrons. The summed E-state index contributed by atoms with van der Waals surface area (Å²) >= 11 is 0. The Bertz CT molecular complexity index is 1130. The van der Waals surface area contributed by atoms with Crippen molar-refractivity contribution in [3.8, 4) is 0 Å². The van der Waals surface area contributed by atoms with E-state index in [9.17, 15) is 19.8 Å². The number of carboxylic acid groups (broad SMARTS) is 2. The molecule has 1 aromatic rings. The predicted molar refractivity (Wildman–Crippen MR) is 134 cm³/mol. The van der Waals surface area contributed by atoms with Gasteiger partial charge in [0.05, 0.1) is 0 Å². The molecule has 0 aliphatic heterocycles. The van der Waals surface area contributed by atoms with Crippen molar-refractivity contribution in [1.29, 1.82) is 0 Å². The van der Waals surface area contributed by atoms with Gasteiger partial charge in [0.1, 0.15) is 17.6 Å². The van der Waals surface area contributed by atoms with Crippen molar-refractivity contribution in [3.05, 3.63) is 47.0 Å². The van der Waals surface area contributed by atoms with Crippen molar-refractivity contribution in [2.45, 2.75) is 85.5 Å². The van der Waals surface area contributed by atoms with Gasteiger partial charge in [-0.3, -0.25) is 4.79 Å². The Kier molecular flexibility index (Phi) is 5.47. The second-order valence-corrected chi connectivity index (χ2v) is 12.8. The lowest BCUT2D eigenvalue weighted by atomic mass is 9.44. The minimum atomic E-state index is -0.895. The van der Waals surface area contributed by atoms with E-state index in [2.05, 4.69) is 47.3 Å². The van der Waals surface area contributed by atoms with Crippen LogP contribution in [0, 0.1) is 39.9 Å². The number of aliphatic carboxylic acids is 1. The number of aromatic carboxylic acids is 1. The first kappa shape index (κ1) is 24.4. The summed E-state index contributed by atoms with van der Waals surface area (Å²) in [6.45, 7) is 15.9. The number of carbonyl (C=O) groups is 2. The van der Waals surface area contributed by atoms with Gasteiger partial charge in [0.2, 0.25) is 0 Å². The zero-order valence-corrected chi connectivity index (χ0v) is 21.8. The molecule has 2 fully saturated rings. The zero-order chi connectivity index (χ0) is 25.5. The first-order chi connectivity index (χ1) is 16.3. The fraction of sp³-hybridized carbons (Fsp3) is 0.667. The third-order valence-electron chi connectivity index (χ3n) is 11.3. The van der Waals surface area contributed by atoms with Gasteiger partial charge < -0.3 is 14.6 Å². The molecule has 0 aromatic carbocycles. The van der Waals surface area contributed by atoms with Crippen LogP contribution in [-0.4, -0.2) is 22.2 Å². The van der Waals surface area contributed by atoms with Crippen LogP contribution < -0.4 is 0 Å². The molecule has 2 N–H and O–H groups in total. The van der Waals surface area contributed by atoms with Crippen LogP contribution in [-0.2, 0) is 11.2 Å². The summed E-state index contributed by atoms with van der Waals surface area (Å²) in [5.74, 6) is 0.856. The van der Waals surface area contributed by atoms with Gasteiger partial charge in [0.15, 0.2) is 0 Å². The topological polar surface area (TPSA) is 87.7 Å². The van der Waals surface area contributed by atoms with Crippen LogP contribution in [0.5, 0.6) is 0 Å². The number of carboxylic acids is 2. The van der Waals surface area contributed by atoms with Gasteiger partial charge in [-0.15, -0.1) is 0 Å². The van der Waals surface area contributed by atoms with Crippen LogP contribution >= 0.6 is 0 Å². The van der Waals surface area contributed by atoms with Crippen molar-refractivity contribution >= 4 is 11.9 Å². The SMILES string of the molecule is C=C(C)[C@@H]1CC=C2[C@@H](CC[C@]3(C)[C@H]4[C@H](C)Cc5occ(C(=O)O)c5[C@H]4C[C@@]23C)[C@@]1(C)CCC(=O)O. The maximum atomic E-state index is 12.1. The quantitative estimate of drug-likeness (QED) is 0.439. The average molecular weight is 481 g/mol. The van der Waals surface area contributed by atoms with Crippen LogP contribution in [0.3, 0.4) is 0 Å². The molecular formula is C30H40O5. The summed E-state index contributed by atoms with van der Waals surface area (Å²) in [6, 6.07) is 0. The van der Waals surface area contributed by atoms with Crippen LogP contribution in [0.2, 0.25) is 0 Å². The summed E-state index contributed by atoms with van der Waals surface area (Å²) in [5, 5.41) is 19.5. The van der Waals surface area contributed by atoms with Crippen molar-refractivity contribution in [1.82, 2.24) is 0 Å². The van der Waals surface area contributed by atoms with Crippen molar-refractivity contribution < 1.29 is 24.2 Å². The highest BCUT2D eigenvalue weighted by atomic mass is 16.4. The summed E-state index contributed by atoms with van der Waals surface area (Å²) in [6.07, 6.45) is 9.54. The van der Waals surface area contributed by atoms with Gasteiger partial charge in [0.25, 0.3) is 0 Å². The summed E-state index contributed by atoms with van der Waals surface area (Å²) in [5.41, 5.74) is 3.81. The molecule has 0 unspecified atom stereocenters. The molecule has 1 heterocycles. The molecule has 0 spiro atoms. The van der Waals surface area contributed by atoms with E-state index in [-0.39, 0.29) is 34.5 Å². The van der Waals surface area contributed by atoms with E-state index in [4.69, 9.17) is 4.42 Å². The Morgan fingerprint density at radius 1 is 1.23 bits per heavy atom. The Morgan fingerprint density at radius 2 is 1.94 bits per heavy atom. The number of allylic oxidation sites excluding steroid dienone is 3. The molecule has 5 rings (SSSR count). The lowest BCUT2D eigenvalue weighted by molar-refractivity contribution is -0.138. The molecule has 1 aromatic heterocycles. The maximum absolute atomic E-state index is 12.1. The number of hydrogen-bond donors (Lipinski definition) is 2. The molecule has 0 saturated heterocycles. The van der Waals surface area contributed by atoms with E-state index in [1.165, 1.54) is 11.8 Å². The third-order valence-corrected chi connectivity index (χ3v) is 11.3. The van der Waals surface area contributed by atoms with Crippen molar-refractivity contribution in [2.75, 3.05) is 0 Å². The Hall–Kier alpha value is -2.30. The van der Waals surface area contributed by atoms with Crippen LogP contribution in [0.15, 0.2) is 34.5 Å². The van der Waals surface area contributed by atoms with Gasteiger partial charge in [0, 0.05) is 18.4 Å². The predicted octanol–water partition coefficient (Wildman–Crippen LogP) is 7.09. The minimum Gasteiger partial charge on any atom is -0.481 e. The molecule has 4 aliphatic carbocycles. The van der Waals surface area contributed by atoms with Crippen molar-refractivity contribution in [2.24, 2.45) is 39.9 Å². The van der Waals surface area contributed by atoms with E-state index in [0.717, 1.165) is 49.0 Å². The van der Waals surface area contributed by atoms with Gasteiger partial charge in [-0.1, -0.05) is 51.5 Å². The molecule has 4 aliphatic rings. The highest BCUT2D eigenvalue weighted by molar-refractivity contribution is 5.89. The monoisotopic (exact) mass is 480 g/mol. The Morgan fingerprint density at radius 3 is 2.57 bits per heavy atom. The highest BCUT2D eigenvalue weighted by Gasteiger charge is 2.67. The van der Waals surface area contributed by atoms with E-state index in [1.807, 2.05) is 0 Å². The molecule has 0 bridgehead atoms. The summed E-state index contributed by atoms with van der Waals surface area (Å²) in [7, 11) is 0. The number of rotatable bonds is 5. The molecule has 35 heavy (non-hydrogen) atoms. The Balaban J connectivity index is 1.61. The van der Waals surface area contributed by atoms with Crippen molar-refractivity contribution in [3.63, 3.8) is 0 Å². The second kappa shape index (κ2) is 7.85.